The van der Waals surface area contributed by atoms with Gasteiger partial charge in [0.15, 0.2) is 0 Å². The van der Waals surface area contributed by atoms with Crippen molar-refractivity contribution >= 4 is 10.0 Å². The molecule has 6 heteroatoms. The van der Waals surface area contributed by atoms with E-state index in [9.17, 15) is 17.2 Å². The molecular weight excluding hydrogens is 332 g/mol. The second-order valence-corrected chi connectivity index (χ2v) is 7.89. The lowest BCUT2D eigenvalue weighted by Crippen LogP contribution is -2.45. The molecule has 2 aromatic carbocycles. The molecule has 1 saturated heterocycles. The summed E-state index contributed by atoms with van der Waals surface area (Å²) in [6, 6.07) is 11.9. The van der Waals surface area contributed by atoms with Gasteiger partial charge in [-0.05, 0) is 43.0 Å². The van der Waals surface area contributed by atoms with E-state index in [4.69, 9.17) is 0 Å². The number of halogens is 2. The molecule has 0 aromatic heterocycles. The monoisotopic (exact) mass is 351 g/mol. The zero-order valence-corrected chi connectivity index (χ0v) is 14.0. The van der Waals surface area contributed by atoms with Gasteiger partial charge in [0.2, 0.25) is 10.0 Å². The molecule has 0 saturated carbocycles. The predicted molar refractivity (Wildman–Crippen MR) is 88.0 cm³/mol. The van der Waals surface area contributed by atoms with Gasteiger partial charge >= 0.3 is 0 Å². The average molecular weight is 351 g/mol. The van der Waals surface area contributed by atoms with Crippen molar-refractivity contribution in [2.24, 2.45) is 0 Å². The number of sulfonamides is 1. The van der Waals surface area contributed by atoms with Gasteiger partial charge in [0.05, 0.1) is 0 Å². The molecule has 0 bridgehead atoms. The Morgan fingerprint density at radius 1 is 1.04 bits per heavy atom. The van der Waals surface area contributed by atoms with E-state index in [-0.39, 0.29) is 6.04 Å². The van der Waals surface area contributed by atoms with Gasteiger partial charge in [0, 0.05) is 12.6 Å². The van der Waals surface area contributed by atoms with Gasteiger partial charge in [-0.3, -0.25) is 0 Å². The summed E-state index contributed by atoms with van der Waals surface area (Å²) >= 11 is 0. The molecule has 0 amide bonds. The fourth-order valence-corrected chi connectivity index (χ4v) is 4.95. The normalized spacial score (nSPS) is 19.3. The van der Waals surface area contributed by atoms with E-state index in [1.54, 1.807) is 0 Å². The van der Waals surface area contributed by atoms with Crippen LogP contribution in [-0.2, 0) is 16.4 Å². The lowest BCUT2D eigenvalue weighted by Gasteiger charge is -2.35. The number of nitrogens with zero attached hydrogens (tertiary/aromatic N) is 1. The van der Waals surface area contributed by atoms with Gasteiger partial charge in [-0.1, -0.05) is 36.8 Å². The zero-order valence-electron chi connectivity index (χ0n) is 13.2. The van der Waals surface area contributed by atoms with Gasteiger partial charge < -0.3 is 0 Å². The summed E-state index contributed by atoms with van der Waals surface area (Å²) in [5.41, 5.74) is 1.03. The topological polar surface area (TPSA) is 37.4 Å². The van der Waals surface area contributed by atoms with E-state index in [1.165, 1.54) is 4.31 Å². The molecule has 2 aromatic rings. The maximum Gasteiger partial charge on any atom is 0.246 e. The van der Waals surface area contributed by atoms with Crippen LogP contribution in [0.15, 0.2) is 53.4 Å². The molecule has 0 aliphatic carbocycles. The highest BCUT2D eigenvalue weighted by molar-refractivity contribution is 7.89. The van der Waals surface area contributed by atoms with Crippen molar-refractivity contribution in [2.45, 2.75) is 36.6 Å². The Bertz CT molecular complexity index is 809. The lowest BCUT2D eigenvalue weighted by atomic mass is 9.98. The first-order chi connectivity index (χ1) is 11.5. The van der Waals surface area contributed by atoms with E-state index in [0.717, 1.165) is 36.6 Å². The molecule has 1 aliphatic rings. The highest BCUT2D eigenvalue weighted by atomic mass is 32.2. The minimum absolute atomic E-state index is 0.242. The van der Waals surface area contributed by atoms with Crippen molar-refractivity contribution in [3.8, 4) is 0 Å². The summed E-state index contributed by atoms with van der Waals surface area (Å²) < 4.78 is 54.5. The second kappa shape index (κ2) is 6.99. The highest BCUT2D eigenvalue weighted by Gasteiger charge is 2.35. The SMILES string of the molecule is O=S(=O)(c1cc(F)ccc1F)N1CCCC[C@@H]1Cc1ccccc1. The summed E-state index contributed by atoms with van der Waals surface area (Å²) in [5, 5.41) is 0. The molecule has 1 heterocycles. The van der Waals surface area contributed by atoms with Crippen LogP contribution in [0.3, 0.4) is 0 Å². The van der Waals surface area contributed by atoms with Crippen molar-refractivity contribution in [1.82, 2.24) is 4.31 Å². The van der Waals surface area contributed by atoms with Crippen molar-refractivity contribution in [3.63, 3.8) is 0 Å². The Kier molecular flexibility index (Phi) is 4.96. The predicted octanol–water partition coefficient (Wildman–Crippen LogP) is 3.75. The quantitative estimate of drug-likeness (QED) is 0.841. The van der Waals surface area contributed by atoms with Crippen LogP contribution < -0.4 is 0 Å². The molecule has 128 valence electrons. The van der Waals surface area contributed by atoms with Crippen LogP contribution in [0.2, 0.25) is 0 Å². The van der Waals surface area contributed by atoms with Gasteiger partial charge in [0.25, 0.3) is 0 Å². The highest BCUT2D eigenvalue weighted by Crippen LogP contribution is 2.29. The van der Waals surface area contributed by atoms with Crippen LogP contribution >= 0.6 is 0 Å². The first kappa shape index (κ1) is 17.0. The molecule has 3 rings (SSSR count). The molecule has 1 aliphatic heterocycles. The maximum atomic E-state index is 14.0. The standard InChI is InChI=1S/C18H19F2NO2S/c19-15-9-10-17(20)18(13-15)24(22,23)21-11-5-4-8-16(21)12-14-6-2-1-3-7-14/h1-3,6-7,9-10,13,16H,4-5,8,11-12H2/t16-/m1/s1. The summed E-state index contributed by atoms with van der Waals surface area (Å²) in [6.45, 7) is 0.329. The number of piperidine rings is 1. The largest absolute Gasteiger partial charge is 0.246 e. The first-order valence-corrected chi connectivity index (χ1v) is 9.43. The Morgan fingerprint density at radius 2 is 1.79 bits per heavy atom. The Labute approximate surface area is 141 Å². The van der Waals surface area contributed by atoms with Crippen LogP contribution in [0.1, 0.15) is 24.8 Å². The fourth-order valence-electron chi connectivity index (χ4n) is 3.18. The zero-order chi connectivity index (χ0) is 17.2. The van der Waals surface area contributed by atoms with Crippen molar-refractivity contribution in [2.75, 3.05) is 6.54 Å². The van der Waals surface area contributed by atoms with Crippen LogP contribution in [0, 0.1) is 11.6 Å². The van der Waals surface area contributed by atoms with Crippen LogP contribution in [0.25, 0.3) is 0 Å². The molecule has 0 unspecified atom stereocenters. The van der Waals surface area contributed by atoms with E-state index in [0.29, 0.717) is 19.4 Å². The number of hydrogen-bond acceptors (Lipinski definition) is 2. The molecule has 1 fully saturated rings. The first-order valence-electron chi connectivity index (χ1n) is 7.99. The van der Waals surface area contributed by atoms with Gasteiger partial charge in [-0.25, -0.2) is 17.2 Å². The van der Waals surface area contributed by atoms with Gasteiger partial charge in [-0.15, -0.1) is 0 Å². The third kappa shape index (κ3) is 3.49. The Hall–Kier alpha value is -1.79. The molecule has 0 spiro atoms. The summed E-state index contributed by atoms with van der Waals surface area (Å²) in [7, 11) is -4.07. The third-order valence-corrected chi connectivity index (χ3v) is 6.33. The fraction of sp³-hybridized carbons (Fsp3) is 0.333. The molecule has 24 heavy (non-hydrogen) atoms. The van der Waals surface area contributed by atoms with Crippen LogP contribution in [0.5, 0.6) is 0 Å². The maximum absolute atomic E-state index is 14.0. The minimum atomic E-state index is -4.07. The molecular formula is C18H19F2NO2S. The summed E-state index contributed by atoms with van der Waals surface area (Å²) in [4.78, 5) is -0.581. The van der Waals surface area contributed by atoms with E-state index >= 15 is 0 Å². The van der Waals surface area contributed by atoms with Crippen LogP contribution in [0.4, 0.5) is 8.78 Å². The Morgan fingerprint density at radius 3 is 2.54 bits per heavy atom. The molecule has 0 N–H and O–H groups in total. The summed E-state index contributed by atoms with van der Waals surface area (Å²) in [5.74, 6) is -1.67. The molecule has 1 atom stereocenters. The van der Waals surface area contributed by atoms with E-state index < -0.39 is 26.6 Å². The van der Waals surface area contributed by atoms with Gasteiger partial charge in [-0.2, -0.15) is 4.31 Å². The summed E-state index contributed by atoms with van der Waals surface area (Å²) in [6.07, 6.45) is 2.93. The minimum Gasteiger partial charge on any atom is -0.207 e. The lowest BCUT2D eigenvalue weighted by molar-refractivity contribution is 0.250. The van der Waals surface area contributed by atoms with Crippen molar-refractivity contribution in [3.05, 3.63) is 65.7 Å². The molecule has 3 nitrogen and oxygen atoms in total. The average Bonchev–Trinajstić information content (AvgIpc) is 2.58. The number of hydrogen-bond donors (Lipinski definition) is 0. The second-order valence-electron chi connectivity index (χ2n) is 6.03. The third-order valence-electron chi connectivity index (χ3n) is 4.37. The Balaban J connectivity index is 1.93. The van der Waals surface area contributed by atoms with Gasteiger partial charge in [0.1, 0.15) is 16.5 Å². The van der Waals surface area contributed by atoms with E-state index in [1.807, 2.05) is 30.3 Å². The number of benzene rings is 2. The van der Waals surface area contributed by atoms with Crippen LogP contribution in [-0.4, -0.2) is 25.3 Å². The van der Waals surface area contributed by atoms with Crippen molar-refractivity contribution in [1.29, 1.82) is 0 Å². The van der Waals surface area contributed by atoms with Crippen molar-refractivity contribution < 1.29 is 17.2 Å². The molecule has 0 radical (unpaired) electrons. The van der Waals surface area contributed by atoms with E-state index in [2.05, 4.69) is 0 Å². The smallest absolute Gasteiger partial charge is 0.207 e. The number of rotatable bonds is 4.